The van der Waals surface area contributed by atoms with Gasteiger partial charge in [-0.15, -0.1) is 0 Å². The second kappa shape index (κ2) is 11.8. The van der Waals surface area contributed by atoms with Crippen molar-refractivity contribution in [3.8, 4) is 19.5 Å². The van der Waals surface area contributed by atoms with Gasteiger partial charge < -0.3 is 0 Å². The van der Waals surface area contributed by atoms with Crippen LogP contribution in [0, 0.1) is 19.0 Å². The third-order valence-electron chi connectivity index (χ3n) is 6.41. The van der Waals surface area contributed by atoms with Crippen LogP contribution in [0.2, 0.25) is 13.3 Å². The van der Waals surface area contributed by atoms with E-state index in [9.17, 15) is 4.39 Å². The third kappa shape index (κ3) is 6.04. The summed E-state index contributed by atoms with van der Waals surface area (Å²) in [6.07, 6.45) is 8.17. The van der Waals surface area contributed by atoms with Crippen LogP contribution in [0.4, 0.5) is 4.39 Å². The summed E-state index contributed by atoms with van der Waals surface area (Å²) < 4.78 is 20.1. The predicted molar refractivity (Wildman–Crippen MR) is 145 cm³/mol. The van der Waals surface area contributed by atoms with Gasteiger partial charge in [-0.3, -0.25) is 0 Å². The van der Waals surface area contributed by atoms with Crippen molar-refractivity contribution in [1.82, 2.24) is 0 Å². The van der Waals surface area contributed by atoms with Crippen molar-refractivity contribution in [3.05, 3.63) is 40.5 Å². The molecule has 3 heterocycles. The molecule has 0 fully saturated rings. The Morgan fingerprint density at radius 1 is 0.710 bits per heavy atom. The van der Waals surface area contributed by atoms with Crippen molar-refractivity contribution < 1.29 is 4.39 Å². The van der Waals surface area contributed by atoms with Gasteiger partial charge in [0.05, 0.1) is 0 Å². The van der Waals surface area contributed by atoms with Crippen molar-refractivity contribution in [2.45, 2.75) is 86.5 Å². The SMILES string of the molecule is CCC[CH2][Sn]([CH2]CCC)([CH2]CCC)[c]1cc(C)c(-c2ccc(-c3sc(F)cc3C)s2)s1. The number of halogens is 1. The molecule has 0 radical (unpaired) electrons. The zero-order valence-electron chi connectivity index (χ0n) is 19.8. The van der Waals surface area contributed by atoms with E-state index in [1.165, 1.54) is 83.4 Å². The van der Waals surface area contributed by atoms with E-state index >= 15 is 0 Å². The summed E-state index contributed by atoms with van der Waals surface area (Å²) in [6.45, 7) is 11.4. The van der Waals surface area contributed by atoms with Gasteiger partial charge in [0.25, 0.3) is 0 Å². The van der Waals surface area contributed by atoms with Crippen molar-refractivity contribution in [1.29, 1.82) is 0 Å². The first-order chi connectivity index (χ1) is 14.9. The summed E-state index contributed by atoms with van der Waals surface area (Å²) in [7, 11) is 0. The quantitative estimate of drug-likeness (QED) is 0.186. The van der Waals surface area contributed by atoms with E-state index in [-0.39, 0.29) is 5.13 Å². The van der Waals surface area contributed by atoms with E-state index in [0.717, 1.165) is 10.4 Å². The van der Waals surface area contributed by atoms with Crippen LogP contribution in [0.5, 0.6) is 0 Å². The molecule has 0 unspecified atom stereocenters. The molecule has 0 bridgehead atoms. The zero-order chi connectivity index (χ0) is 22.4. The van der Waals surface area contributed by atoms with Gasteiger partial charge in [0, 0.05) is 0 Å². The molecule has 0 aliphatic rings. The summed E-state index contributed by atoms with van der Waals surface area (Å²) in [5.74, 6) is 0. The van der Waals surface area contributed by atoms with Crippen LogP contribution in [-0.4, -0.2) is 18.4 Å². The van der Waals surface area contributed by atoms with Gasteiger partial charge >= 0.3 is 206 Å². The van der Waals surface area contributed by atoms with Crippen LogP contribution in [0.1, 0.15) is 70.4 Å². The Hall–Kier alpha value is -0.171. The van der Waals surface area contributed by atoms with Crippen LogP contribution >= 0.6 is 34.0 Å². The first-order valence-corrected chi connectivity index (χ1v) is 21.8. The molecule has 0 atom stereocenters. The topological polar surface area (TPSA) is 0 Å². The molecule has 0 aliphatic heterocycles. The van der Waals surface area contributed by atoms with Gasteiger partial charge in [0.15, 0.2) is 0 Å². The maximum atomic E-state index is 13.7. The van der Waals surface area contributed by atoms with Gasteiger partial charge in [-0.2, -0.15) is 0 Å². The Bertz CT molecular complexity index is 944. The van der Waals surface area contributed by atoms with Crippen LogP contribution in [0.15, 0.2) is 24.3 Å². The molecule has 31 heavy (non-hydrogen) atoms. The Morgan fingerprint density at radius 2 is 1.19 bits per heavy atom. The van der Waals surface area contributed by atoms with E-state index < -0.39 is 18.4 Å². The molecule has 0 aliphatic carbocycles. The first kappa shape index (κ1) is 25.5. The Labute approximate surface area is 204 Å². The fraction of sp³-hybridized carbons (Fsp3) is 0.538. The van der Waals surface area contributed by atoms with Gasteiger partial charge in [0.2, 0.25) is 0 Å². The molecule has 3 rings (SSSR count). The second-order valence-corrected chi connectivity index (χ2v) is 26.2. The standard InChI is InChI=1S/C14H10FS3.3C4H9.Sn/c1-8-5-6-16-13(8)10-3-4-11(17-10)14-9(2)7-12(15)18-14;3*1-3-4-2;/h3-5,7H,1-2H3;3*1,3-4H2,2H3;. The summed E-state index contributed by atoms with van der Waals surface area (Å²) in [5, 5.41) is -0.0846. The number of unbranched alkanes of at least 4 members (excludes halogenated alkanes) is 3. The van der Waals surface area contributed by atoms with Gasteiger partial charge in [-0.25, -0.2) is 0 Å². The summed E-state index contributed by atoms with van der Waals surface area (Å²) in [4.78, 5) is 5.11. The molecule has 3 aromatic heterocycles. The van der Waals surface area contributed by atoms with Crippen LogP contribution < -0.4 is 2.89 Å². The van der Waals surface area contributed by atoms with Crippen molar-refractivity contribution in [3.63, 3.8) is 0 Å². The van der Waals surface area contributed by atoms with Gasteiger partial charge in [-0.1, -0.05) is 0 Å². The second-order valence-electron chi connectivity index (χ2n) is 8.94. The van der Waals surface area contributed by atoms with E-state index in [1.54, 1.807) is 6.07 Å². The Kier molecular flexibility index (Phi) is 9.69. The monoisotopic (exact) mass is 584 g/mol. The van der Waals surface area contributed by atoms with Gasteiger partial charge in [0.1, 0.15) is 0 Å². The first-order valence-electron chi connectivity index (χ1n) is 11.9. The summed E-state index contributed by atoms with van der Waals surface area (Å²) in [5.41, 5.74) is 2.50. The molecular weight excluding hydrogens is 546 g/mol. The Morgan fingerprint density at radius 3 is 1.65 bits per heavy atom. The minimum absolute atomic E-state index is 0.0846. The zero-order valence-corrected chi connectivity index (χ0v) is 25.1. The molecule has 170 valence electrons. The number of rotatable bonds is 12. The van der Waals surface area contributed by atoms with Crippen molar-refractivity contribution >= 4 is 55.3 Å². The third-order valence-corrected chi connectivity index (χ3v) is 28.3. The molecule has 0 nitrogen and oxygen atoms in total. The molecule has 0 saturated carbocycles. The minimum atomic E-state index is -2.39. The fourth-order valence-electron chi connectivity index (χ4n) is 4.55. The van der Waals surface area contributed by atoms with Crippen LogP contribution in [-0.2, 0) is 0 Å². The molecular formula is C26H37FS3Sn. The average molecular weight is 583 g/mol. The Balaban J connectivity index is 1.97. The predicted octanol–water partition coefficient (Wildman–Crippen LogP) is 10.0. The van der Waals surface area contributed by atoms with Crippen LogP contribution in [0.25, 0.3) is 19.5 Å². The summed E-state index contributed by atoms with van der Waals surface area (Å²) >= 11 is 2.84. The normalized spacial score (nSPS) is 12.1. The molecule has 0 saturated heterocycles. The summed E-state index contributed by atoms with van der Waals surface area (Å²) in [6, 6.07) is 8.71. The average Bonchev–Trinajstić information content (AvgIpc) is 3.46. The molecule has 3 aromatic rings. The van der Waals surface area contributed by atoms with Gasteiger partial charge in [-0.05, 0) is 0 Å². The van der Waals surface area contributed by atoms with Crippen molar-refractivity contribution in [2.75, 3.05) is 0 Å². The van der Waals surface area contributed by atoms with Crippen LogP contribution in [0.3, 0.4) is 0 Å². The number of hydrogen-bond donors (Lipinski definition) is 0. The molecule has 0 spiro atoms. The fourth-order valence-corrected chi connectivity index (χ4v) is 27.3. The van der Waals surface area contributed by atoms with E-state index in [2.05, 4.69) is 57.2 Å². The number of thiophene rings is 3. The molecule has 0 amide bonds. The number of hydrogen-bond acceptors (Lipinski definition) is 3. The number of aryl methyl sites for hydroxylation is 2. The molecule has 0 N–H and O–H groups in total. The van der Waals surface area contributed by atoms with Crippen molar-refractivity contribution in [2.24, 2.45) is 0 Å². The molecule has 5 heteroatoms. The van der Waals surface area contributed by atoms with E-state index in [1.807, 2.05) is 21.2 Å². The van der Waals surface area contributed by atoms with E-state index in [0.29, 0.717) is 0 Å². The maximum absolute atomic E-state index is 13.7. The van der Waals surface area contributed by atoms with E-state index in [4.69, 9.17) is 0 Å². The molecule has 0 aromatic carbocycles.